The molecule has 0 radical (unpaired) electrons. The van der Waals surface area contributed by atoms with Crippen LogP contribution in [0.25, 0.3) is 6.08 Å². The molecular weight excluding hydrogens is 182 g/mol. The summed E-state index contributed by atoms with van der Waals surface area (Å²) in [6, 6.07) is 1.54. The molecule has 5 heteroatoms. The van der Waals surface area contributed by atoms with Crippen LogP contribution in [0.2, 0.25) is 0 Å². The molecule has 0 saturated heterocycles. The molecule has 5 N–H and O–H groups in total. The molecule has 1 aromatic rings. The van der Waals surface area contributed by atoms with E-state index in [9.17, 15) is 4.79 Å². The van der Waals surface area contributed by atoms with Crippen molar-refractivity contribution in [1.82, 2.24) is 4.98 Å². The van der Waals surface area contributed by atoms with Crippen molar-refractivity contribution >= 4 is 17.7 Å². The number of hydrogen-bond acceptors (Lipinski definition) is 4. The maximum Gasteiger partial charge on any atom is 0.356 e. The Morgan fingerprint density at radius 2 is 2.36 bits per heavy atom. The highest BCUT2D eigenvalue weighted by Crippen LogP contribution is 2.11. The lowest BCUT2D eigenvalue weighted by molar-refractivity contribution is 0.0692. The van der Waals surface area contributed by atoms with E-state index in [-0.39, 0.29) is 11.4 Å². The van der Waals surface area contributed by atoms with Crippen LogP contribution in [0, 0.1) is 0 Å². The van der Waals surface area contributed by atoms with E-state index < -0.39 is 5.97 Å². The molecule has 0 spiro atoms. The first-order valence-electron chi connectivity index (χ1n) is 4.00. The lowest BCUT2D eigenvalue weighted by Crippen LogP contribution is -2.05. The Kier molecular flexibility index (Phi) is 3.19. The lowest BCUT2D eigenvalue weighted by Gasteiger charge is -2.00. The smallest absolute Gasteiger partial charge is 0.356 e. The molecule has 0 bridgehead atoms. The van der Waals surface area contributed by atoms with Crippen molar-refractivity contribution in [2.75, 3.05) is 12.3 Å². The Morgan fingerprint density at radius 1 is 1.64 bits per heavy atom. The average molecular weight is 193 g/mol. The second-order valence-corrected chi connectivity index (χ2v) is 2.65. The second kappa shape index (κ2) is 4.38. The van der Waals surface area contributed by atoms with Gasteiger partial charge in [-0.05, 0) is 11.6 Å². The van der Waals surface area contributed by atoms with Crippen LogP contribution in [0.4, 0.5) is 5.69 Å². The van der Waals surface area contributed by atoms with Gasteiger partial charge in [0.25, 0.3) is 0 Å². The van der Waals surface area contributed by atoms with Crippen LogP contribution in [0.15, 0.2) is 18.3 Å². The number of anilines is 1. The average Bonchev–Trinajstić information content (AvgIpc) is 2.14. The van der Waals surface area contributed by atoms with Crippen LogP contribution in [0.3, 0.4) is 0 Å². The highest BCUT2D eigenvalue weighted by molar-refractivity contribution is 5.91. The van der Waals surface area contributed by atoms with Crippen LogP contribution in [-0.2, 0) is 0 Å². The summed E-state index contributed by atoms with van der Waals surface area (Å²) >= 11 is 0. The predicted octanol–water partition coefficient (Wildman–Crippen LogP) is 0.334. The number of nitrogen functional groups attached to an aromatic ring is 1. The van der Waals surface area contributed by atoms with E-state index in [1.54, 1.807) is 18.2 Å². The second-order valence-electron chi connectivity index (χ2n) is 2.65. The predicted molar refractivity (Wildman–Crippen MR) is 53.7 cm³/mol. The minimum atomic E-state index is -1.13. The van der Waals surface area contributed by atoms with Crippen molar-refractivity contribution in [3.63, 3.8) is 0 Å². The molecule has 0 saturated carbocycles. The van der Waals surface area contributed by atoms with Crippen LogP contribution in [0.1, 0.15) is 16.1 Å². The quantitative estimate of drug-likeness (QED) is 0.642. The first-order chi connectivity index (χ1) is 6.65. The number of pyridine rings is 1. The normalized spacial score (nSPS) is 10.6. The third-order valence-corrected chi connectivity index (χ3v) is 1.59. The molecule has 0 amide bonds. The molecule has 0 aromatic carbocycles. The van der Waals surface area contributed by atoms with Gasteiger partial charge in [-0.1, -0.05) is 12.2 Å². The van der Waals surface area contributed by atoms with Crippen molar-refractivity contribution in [2.45, 2.75) is 0 Å². The summed E-state index contributed by atoms with van der Waals surface area (Å²) in [5, 5.41) is 8.65. The Bertz CT molecular complexity index is 374. The summed E-state index contributed by atoms with van der Waals surface area (Å²) in [5.41, 5.74) is 11.5. The van der Waals surface area contributed by atoms with E-state index in [0.717, 1.165) is 5.56 Å². The summed E-state index contributed by atoms with van der Waals surface area (Å²) in [6.07, 6.45) is 4.90. The Hall–Kier alpha value is -1.88. The maximum absolute atomic E-state index is 10.6. The van der Waals surface area contributed by atoms with Gasteiger partial charge in [-0.3, -0.25) is 0 Å². The molecule has 14 heavy (non-hydrogen) atoms. The highest BCUT2D eigenvalue weighted by atomic mass is 16.4. The summed E-state index contributed by atoms with van der Waals surface area (Å²) in [5.74, 6) is -1.13. The van der Waals surface area contributed by atoms with E-state index >= 15 is 0 Å². The van der Waals surface area contributed by atoms with Gasteiger partial charge in [-0.25, -0.2) is 9.78 Å². The third-order valence-electron chi connectivity index (χ3n) is 1.59. The van der Waals surface area contributed by atoms with E-state index in [1.165, 1.54) is 6.20 Å². The Morgan fingerprint density at radius 3 is 2.86 bits per heavy atom. The van der Waals surface area contributed by atoms with Crippen molar-refractivity contribution in [3.8, 4) is 0 Å². The number of carboxylic acid groups (broad SMARTS) is 1. The molecular formula is C9H11N3O2. The van der Waals surface area contributed by atoms with E-state index in [0.29, 0.717) is 6.54 Å². The SMILES string of the molecule is NCC=Cc1cnc(C(=O)O)c(N)c1. The summed E-state index contributed by atoms with van der Waals surface area (Å²) in [7, 11) is 0. The van der Waals surface area contributed by atoms with Gasteiger partial charge in [0.1, 0.15) is 0 Å². The number of aromatic carboxylic acids is 1. The van der Waals surface area contributed by atoms with Crippen molar-refractivity contribution in [1.29, 1.82) is 0 Å². The first kappa shape index (κ1) is 10.2. The zero-order chi connectivity index (χ0) is 10.6. The van der Waals surface area contributed by atoms with Crippen molar-refractivity contribution < 1.29 is 9.90 Å². The van der Waals surface area contributed by atoms with Crippen LogP contribution in [0.5, 0.6) is 0 Å². The minimum absolute atomic E-state index is 0.130. The van der Waals surface area contributed by atoms with Gasteiger partial charge in [0.2, 0.25) is 0 Å². The van der Waals surface area contributed by atoms with Crippen LogP contribution < -0.4 is 11.5 Å². The number of hydrogen-bond donors (Lipinski definition) is 3. The fourth-order valence-electron chi connectivity index (χ4n) is 0.973. The number of nitrogens with two attached hydrogens (primary N) is 2. The minimum Gasteiger partial charge on any atom is -0.476 e. The van der Waals surface area contributed by atoms with Crippen molar-refractivity contribution in [2.24, 2.45) is 5.73 Å². The molecule has 0 fully saturated rings. The van der Waals surface area contributed by atoms with E-state index in [4.69, 9.17) is 16.6 Å². The van der Waals surface area contributed by atoms with Crippen LogP contribution >= 0.6 is 0 Å². The maximum atomic E-state index is 10.6. The molecule has 0 aliphatic carbocycles. The summed E-state index contributed by atoms with van der Waals surface area (Å²) < 4.78 is 0. The van der Waals surface area contributed by atoms with Crippen LogP contribution in [-0.4, -0.2) is 22.6 Å². The number of nitrogens with zero attached hydrogens (tertiary/aromatic N) is 1. The van der Waals surface area contributed by atoms with E-state index in [2.05, 4.69) is 4.98 Å². The summed E-state index contributed by atoms with van der Waals surface area (Å²) in [6.45, 7) is 0.417. The first-order valence-corrected chi connectivity index (χ1v) is 4.00. The molecule has 0 atom stereocenters. The largest absolute Gasteiger partial charge is 0.476 e. The third kappa shape index (κ3) is 2.30. The highest BCUT2D eigenvalue weighted by Gasteiger charge is 2.08. The fourth-order valence-corrected chi connectivity index (χ4v) is 0.973. The Labute approximate surface area is 81.1 Å². The van der Waals surface area contributed by atoms with E-state index in [1.807, 2.05) is 0 Å². The standard InChI is InChI=1S/C9H11N3O2/c10-3-1-2-6-4-7(11)8(9(13)14)12-5-6/h1-2,4-5H,3,10-11H2,(H,13,14). The Balaban J connectivity index is 3.00. The number of rotatable bonds is 3. The number of aromatic nitrogens is 1. The van der Waals surface area contributed by atoms with Gasteiger partial charge in [0.15, 0.2) is 5.69 Å². The van der Waals surface area contributed by atoms with Crippen molar-refractivity contribution in [3.05, 3.63) is 29.6 Å². The number of carbonyl (C=O) groups is 1. The molecule has 1 aromatic heterocycles. The zero-order valence-corrected chi connectivity index (χ0v) is 7.47. The van der Waals surface area contributed by atoms with Gasteiger partial charge < -0.3 is 16.6 Å². The molecule has 74 valence electrons. The van der Waals surface area contributed by atoms with Gasteiger partial charge in [0, 0.05) is 12.7 Å². The summed E-state index contributed by atoms with van der Waals surface area (Å²) in [4.78, 5) is 14.3. The zero-order valence-electron chi connectivity index (χ0n) is 7.47. The number of carboxylic acids is 1. The van der Waals surface area contributed by atoms with Gasteiger partial charge >= 0.3 is 5.97 Å². The van der Waals surface area contributed by atoms with Gasteiger partial charge in [-0.15, -0.1) is 0 Å². The molecule has 1 rings (SSSR count). The molecule has 0 aliphatic rings. The topological polar surface area (TPSA) is 102 Å². The van der Waals surface area contributed by atoms with Gasteiger partial charge in [-0.2, -0.15) is 0 Å². The fraction of sp³-hybridized carbons (Fsp3) is 0.111. The molecule has 0 unspecified atom stereocenters. The monoisotopic (exact) mass is 193 g/mol. The lowest BCUT2D eigenvalue weighted by atomic mass is 10.2. The molecule has 5 nitrogen and oxygen atoms in total. The molecule has 1 heterocycles. The molecule has 0 aliphatic heterocycles. The van der Waals surface area contributed by atoms with Gasteiger partial charge in [0.05, 0.1) is 5.69 Å².